The van der Waals surface area contributed by atoms with Crippen LogP contribution in [-0.2, 0) is 14.3 Å². The summed E-state index contributed by atoms with van der Waals surface area (Å²) >= 11 is 0. The summed E-state index contributed by atoms with van der Waals surface area (Å²) in [6.07, 6.45) is 5.38. The van der Waals surface area contributed by atoms with Crippen molar-refractivity contribution in [1.82, 2.24) is 9.80 Å². The van der Waals surface area contributed by atoms with E-state index in [1.54, 1.807) is 18.2 Å². The Morgan fingerprint density at radius 1 is 0.938 bits per heavy atom. The molecule has 8 heteroatoms. The second kappa shape index (κ2) is 7.18. The average Bonchev–Trinajstić information content (AvgIpc) is 3.45. The minimum absolute atomic E-state index is 0.0119. The first-order chi connectivity index (χ1) is 15.5. The number of amides is 2. The maximum atomic E-state index is 13.5. The molecule has 6 rings (SSSR count). The highest BCUT2D eigenvalue weighted by atomic mass is 16.7. The largest absolute Gasteiger partial charge is 0.458 e. The minimum Gasteiger partial charge on any atom is -0.458 e. The molecule has 32 heavy (non-hydrogen) atoms. The van der Waals surface area contributed by atoms with Crippen LogP contribution in [-0.4, -0.2) is 61.4 Å². The van der Waals surface area contributed by atoms with Crippen LogP contribution in [0.3, 0.4) is 0 Å². The Morgan fingerprint density at radius 2 is 1.66 bits per heavy atom. The number of nitrogens with zero attached hydrogens (tertiary/aromatic N) is 2. The summed E-state index contributed by atoms with van der Waals surface area (Å²) in [4.78, 5) is 30.6. The first kappa shape index (κ1) is 19.5. The molecule has 8 nitrogen and oxygen atoms in total. The Morgan fingerprint density at radius 3 is 2.47 bits per heavy atom. The van der Waals surface area contributed by atoms with E-state index in [-0.39, 0.29) is 37.2 Å². The number of carbonyl (C=O) groups excluding carboxylic acids is 2. The first-order valence-corrected chi connectivity index (χ1v) is 11.1. The zero-order chi connectivity index (χ0) is 21.9. The Bertz CT molecular complexity index is 1030. The predicted molar refractivity (Wildman–Crippen MR) is 113 cm³/mol. The fourth-order valence-electron chi connectivity index (χ4n) is 5.58. The second-order valence-corrected chi connectivity index (χ2v) is 9.58. The summed E-state index contributed by atoms with van der Waals surface area (Å²) in [6, 6.07) is 5.35. The molecule has 4 heterocycles. The summed E-state index contributed by atoms with van der Waals surface area (Å²) in [5.74, 6) is 3.49. The second-order valence-electron chi connectivity index (χ2n) is 9.58. The van der Waals surface area contributed by atoms with Crippen molar-refractivity contribution in [2.45, 2.75) is 19.8 Å². The number of carbonyl (C=O) groups is 2. The van der Waals surface area contributed by atoms with Gasteiger partial charge in [-0.15, -0.1) is 0 Å². The highest BCUT2D eigenvalue weighted by Crippen LogP contribution is 2.41. The van der Waals surface area contributed by atoms with Crippen LogP contribution in [0.2, 0.25) is 0 Å². The molecule has 2 fully saturated rings. The number of piperidine rings is 2. The molecule has 4 aliphatic heterocycles. The van der Waals surface area contributed by atoms with Gasteiger partial charge in [0.05, 0.1) is 5.41 Å². The number of hydrogen-bond acceptors (Lipinski definition) is 6. The van der Waals surface area contributed by atoms with Crippen LogP contribution in [0.25, 0.3) is 0 Å². The summed E-state index contributed by atoms with van der Waals surface area (Å²) in [5, 5.41) is 0. The van der Waals surface area contributed by atoms with Crippen molar-refractivity contribution in [3.05, 3.63) is 47.4 Å². The van der Waals surface area contributed by atoms with Crippen molar-refractivity contribution in [3.63, 3.8) is 0 Å². The van der Waals surface area contributed by atoms with Gasteiger partial charge >= 0.3 is 0 Å². The highest BCUT2D eigenvalue weighted by molar-refractivity contribution is 5.95. The van der Waals surface area contributed by atoms with E-state index in [1.807, 2.05) is 28.9 Å². The minimum atomic E-state index is -0.625. The van der Waals surface area contributed by atoms with Crippen molar-refractivity contribution in [1.29, 1.82) is 0 Å². The van der Waals surface area contributed by atoms with Crippen molar-refractivity contribution in [2.24, 2.45) is 17.3 Å². The van der Waals surface area contributed by atoms with Gasteiger partial charge in [0.2, 0.25) is 19.5 Å². The van der Waals surface area contributed by atoms with E-state index in [9.17, 15) is 9.59 Å². The molecule has 0 N–H and O–H groups in total. The number of hydrogen-bond donors (Lipinski definition) is 0. The van der Waals surface area contributed by atoms with Crippen LogP contribution in [0.5, 0.6) is 11.5 Å². The van der Waals surface area contributed by atoms with Gasteiger partial charge in [-0.1, -0.05) is 6.08 Å². The van der Waals surface area contributed by atoms with Gasteiger partial charge in [0.15, 0.2) is 17.3 Å². The highest BCUT2D eigenvalue weighted by Gasteiger charge is 2.44. The maximum Gasteiger partial charge on any atom is 0.254 e. The third kappa shape index (κ3) is 3.20. The fourth-order valence-corrected chi connectivity index (χ4v) is 5.58. The van der Waals surface area contributed by atoms with Crippen LogP contribution in [0.1, 0.15) is 30.1 Å². The van der Waals surface area contributed by atoms with E-state index >= 15 is 0 Å². The Balaban J connectivity index is 1.13. The SMILES string of the molecule is CC1(C(=O)N2CC3CC(CN(C(=O)c4ccc5c(c4)OCO5)C3)C2)C=CC2=C(C1)OCO2. The third-order valence-electron chi connectivity index (χ3n) is 7.12. The molecule has 2 amide bonds. The summed E-state index contributed by atoms with van der Waals surface area (Å²) < 4.78 is 21.7. The monoisotopic (exact) mass is 438 g/mol. The molecule has 1 aliphatic carbocycles. The van der Waals surface area contributed by atoms with Gasteiger partial charge in [0, 0.05) is 38.2 Å². The standard InChI is InChI=1S/C24H26N2O6/c1-24(5-4-19-21(8-24)32-14-30-19)23(28)26-11-15-6-16(12-26)10-25(9-15)22(27)17-2-3-18-20(7-17)31-13-29-18/h2-5,7,15-16H,6,8-14H2,1H3. The van der Waals surface area contributed by atoms with Gasteiger partial charge in [0.1, 0.15) is 5.76 Å². The molecule has 0 spiro atoms. The van der Waals surface area contributed by atoms with Crippen LogP contribution in [0.4, 0.5) is 0 Å². The van der Waals surface area contributed by atoms with E-state index in [4.69, 9.17) is 18.9 Å². The molecular formula is C24H26N2O6. The van der Waals surface area contributed by atoms with Gasteiger partial charge in [-0.05, 0) is 49.5 Å². The molecule has 3 unspecified atom stereocenters. The lowest BCUT2D eigenvalue weighted by molar-refractivity contribution is -0.143. The number of ether oxygens (including phenoxy) is 4. The Labute approximate surface area is 186 Å². The van der Waals surface area contributed by atoms with Crippen molar-refractivity contribution in [3.8, 4) is 11.5 Å². The zero-order valence-corrected chi connectivity index (χ0v) is 18.0. The van der Waals surface area contributed by atoms with E-state index in [0.717, 1.165) is 17.9 Å². The van der Waals surface area contributed by atoms with Crippen LogP contribution >= 0.6 is 0 Å². The van der Waals surface area contributed by atoms with Gasteiger partial charge in [-0.2, -0.15) is 0 Å². The lowest BCUT2D eigenvalue weighted by Gasteiger charge is -2.47. The number of likely N-dealkylation sites (tertiary alicyclic amines) is 2. The summed E-state index contributed by atoms with van der Waals surface area (Å²) in [5.41, 5.74) is -0.00922. The topological polar surface area (TPSA) is 77.5 Å². The smallest absolute Gasteiger partial charge is 0.254 e. The lowest BCUT2D eigenvalue weighted by atomic mass is 9.78. The lowest BCUT2D eigenvalue weighted by Crippen LogP contribution is -2.57. The van der Waals surface area contributed by atoms with Crippen LogP contribution in [0, 0.1) is 17.3 Å². The predicted octanol–water partition coefficient (Wildman–Crippen LogP) is 2.52. The molecule has 0 aromatic heterocycles. The van der Waals surface area contributed by atoms with Gasteiger partial charge in [-0.25, -0.2) is 0 Å². The van der Waals surface area contributed by atoms with Gasteiger partial charge < -0.3 is 28.7 Å². The number of rotatable bonds is 2. The molecule has 0 saturated carbocycles. The van der Waals surface area contributed by atoms with Crippen molar-refractivity contribution < 1.29 is 28.5 Å². The Hall–Kier alpha value is -3.16. The molecule has 1 aromatic rings. The molecule has 3 atom stereocenters. The molecule has 1 aromatic carbocycles. The molecular weight excluding hydrogens is 412 g/mol. The van der Waals surface area contributed by atoms with Crippen LogP contribution in [0.15, 0.2) is 41.9 Å². The summed E-state index contributed by atoms with van der Waals surface area (Å²) in [6.45, 7) is 5.05. The normalized spacial score (nSPS) is 30.0. The average molecular weight is 438 g/mol. The van der Waals surface area contributed by atoms with Crippen molar-refractivity contribution in [2.75, 3.05) is 39.8 Å². The van der Waals surface area contributed by atoms with E-state index in [1.165, 1.54) is 0 Å². The molecule has 168 valence electrons. The molecule has 5 aliphatic rings. The van der Waals surface area contributed by atoms with Gasteiger partial charge in [-0.3, -0.25) is 9.59 Å². The fraction of sp³-hybridized carbons (Fsp3) is 0.500. The third-order valence-corrected chi connectivity index (χ3v) is 7.12. The molecule has 2 bridgehead atoms. The van der Waals surface area contributed by atoms with Gasteiger partial charge in [0.25, 0.3) is 5.91 Å². The van der Waals surface area contributed by atoms with E-state index in [0.29, 0.717) is 49.7 Å². The maximum absolute atomic E-state index is 13.5. The quantitative estimate of drug-likeness (QED) is 0.706. The molecule has 2 saturated heterocycles. The summed E-state index contributed by atoms with van der Waals surface area (Å²) in [7, 11) is 0. The number of benzene rings is 1. The number of allylic oxidation sites excluding steroid dienone is 2. The number of fused-ring (bicyclic) bond motifs is 3. The van der Waals surface area contributed by atoms with Crippen LogP contribution < -0.4 is 9.47 Å². The van der Waals surface area contributed by atoms with Crippen molar-refractivity contribution >= 4 is 11.8 Å². The first-order valence-electron chi connectivity index (χ1n) is 11.1. The zero-order valence-electron chi connectivity index (χ0n) is 18.0. The van der Waals surface area contributed by atoms with E-state index in [2.05, 4.69) is 0 Å². The Kier molecular flexibility index (Phi) is 4.38. The molecule has 0 radical (unpaired) electrons. The van der Waals surface area contributed by atoms with E-state index < -0.39 is 5.41 Å².